The van der Waals surface area contributed by atoms with Gasteiger partial charge in [-0.2, -0.15) is 0 Å². The number of ether oxygens (including phenoxy) is 9. The van der Waals surface area contributed by atoms with E-state index in [1.807, 2.05) is 18.2 Å². The first-order valence-electron chi connectivity index (χ1n) is 17.4. The number of aromatic hydroxyl groups is 1. The van der Waals surface area contributed by atoms with Crippen molar-refractivity contribution in [3.8, 4) is 5.75 Å². The average molecular weight is 679 g/mol. The summed E-state index contributed by atoms with van der Waals surface area (Å²) in [6.07, 6.45) is 10.3. The zero-order valence-corrected chi connectivity index (χ0v) is 29.1. The average Bonchev–Trinajstić information content (AvgIpc) is 3.08. The highest BCUT2D eigenvalue weighted by Crippen LogP contribution is 2.18. The summed E-state index contributed by atoms with van der Waals surface area (Å²) >= 11 is 0. The Morgan fingerprint density at radius 1 is 0.404 bits per heavy atom. The van der Waals surface area contributed by atoms with Crippen LogP contribution in [-0.4, -0.2) is 147 Å². The second kappa shape index (κ2) is 40.8. The zero-order chi connectivity index (χ0) is 34.1. The minimum atomic E-state index is 0.0278. The van der Waals surface area contributed by atoms with Gasteiger partial charge in [0, 0.05) is 0 Å². The Morgan fingerprint density at radius 2 is 0.702 bits per heavy atom. The molecule has 1 aromatic carbocycles. The number of aliphatic hydroxyl groups is 2. The molecule has 0 spiro atoms. The number of para-hydroxylation sites is 1. The van der Waals surface area contributed by atoms with Crippen LogP contribution >= 0.6 is 0 Å². The molecule has 0 fully saturated rings. The summed E-state index contributed by atoms with van der Waals surface area (Å²) in [7, 11) is 0. The van der Waals surface area contributed by atoms with Crippen LogP contribution in [0.5, 0.6) is 5.75 Å². The molecule has 0 saturated heterocycles. The molecular formula is C35H66O12. The van der Waals surface area contributed by atoms with Gasteiger partial charge in [0.2, 0.25) is 0 Å². The van der Waals surface area contributed by atoms with Gasteiger partial charge in [0.15, 0.2) is 0 Å². The van der Waals surface area contributed by atoms with Crippen molar-refractivity contribution in [1.29, 1.82) is 0 Å². The Bertz CT molecular complexity index is 685. The molecule has 0 bridgehead atoms. The molecule has 1 rings (SSSR count). The predicted molar refractivity (Wildman–Crippen MR) is 181 cm³/mol. The summed E-state index contributed by atoms with van der Waals surface area (Å²) in [6.45, 7) is 11.0. The molecule has 0 heterocycles. The van der Waals surface area contributed by atoms with Crippen molar-refractivity contribution >= 4 is 0 Å². The summed E-state index contributed by atoms with van der Waals surface area (Å²) in [5, 5.41) is 26.7. The van der Waals surface area contributed by atoms with Gasteiger partial charge in [-0.1, -0.05) is 63.6 Å². The van der Waals surface area contributed by atoms with Crippen LogP contribution < -0.4 is 0 Å². The molecule has 47 heavy (non-hydrogen) atoms. The quantitative estimate of drug-likeness (QED) is 0.0889. The number of benzene rings is 1. The highest BCUT2D eigenvalue weighted by molar-refractivity contribution is 5.31. The van der Waals surface area contributed by atoms with Gasteiger partial charge < -0.3 is 58.0 Å². The first kappa shape index (κ1) is 45.6. The van der Waals surface area contributed by atoms with Crippen molar-refractivity contribution in [2.24, 2.45) is 0 Å². The lowest BCUT2D eigenvalue weighted by atomic mass is 10.0. The Kier molecular flexibility index (Phi) is 39.5. The van der Waals surface area contributed by atoms with Crippen LogP contribution in [0.15, 0.2) is 24.3 Å². The van der Waals surface area contributed by atoms with Gasteiger partial charge in [-0.15, -0.1) is 0 Å². The number of hydrogen-bond donors (Lipinski definition) is 3. The highest BCUT2D eigenvalue weighted by Gasteiger charge is 1.99. The van der Waals surface area contributed by atoms with E-state index in [2.05, 4.69) is 6.92 Å². The molecule has 0 radical (unpaired) electrons. The van der Waals surface area contributed by atoms with Crippen molar-refractivity contribution in [3.63, 3.8) is 0 Å². The number of phenolic OH excluding ortho intramolecular Hbond substituents is 1. The van der Waals surface area contributed by atoms with Crippen molar-refractivity contribution < 1.29 is 58.0 Å². The van der Waals surface area contributed by atoms with E-state index in [-0.39, 0.29) is 13.2 Å². The number of aliphatic hydroxyl groups excluding tert-OH is 2. The molecule has 12 nitrogen and oxygen atoms in total. The number of aryl methyl sites for hydroxylation is 1. The lowest BCUT2D eigenvalue weighted by Crippen LogP contribution is -2.15. The third-order valence-corrected chi connectivity index (χ3v) is 6.49. The van der Waals surface area contributed by atoms with E-state index in [0.717, 1.165) is 12.0 Å². The second-order valence-electron chi connectivity index (χ2n) is 10.5. The van der Waals surface area contributed by atoms with E-state index in [1.54, 1.807) is 6.07 Å². The molecule has 0 aliphatic heterocycles. The fourth-order valence-corrected chi connectivity index (χ4v) is 3.99. The summed E-state index contributed by atoms with van der Waals surface area (Å²) < 4.78 is 47.7. The molecule has 0 aliphatic carbocycles. The minimum Gasteiger partial charge on any atom is -0.508 e. The van der Waals surface area contributed by atoms with Crippen LogP contribution in [0.25, 0.3) is 0 Å². The van der Waals surface area contributed by atoms with Crippen LogP contribution in [0.4, 0.5) is 0 Å². The molecule has 0 amide bonds. The van der Waals surface area contributed by atoms with Gasteiger partial charge in [0.05, 0.1) is 132 Å². The largest absolute Gasteiger partial charge is 0.508 e. The molecular weight excluding hydrogens is 612 g/mol. The van der Waals surface area contributed by atoms with E-state index < -0.39 is 0 Å². The molecule has 0 atom stereocenters. The maximum atomic E-state index is 9.58. The molecule has 0 saturated carbocycles. The molecule has 1 aromatic rings. The number of rotatable bonds is 36. The van der Waals surface area contributed by atoms with Gasteiger partial charge in [-0.05, 0) is 24.5 Å². The normalized spacial score (nSPS) is 11.1. The molecule has 0 aromatic heterocycles. The third-order valence-electron chi connectivity index (χ3n) is 6.49. The number of phenols is 1. The number of hydrogen-bond acceptors (Lipinski definition) is 12. The van der Waals surface area contributed by atoms with Crippen molar-refractivity contribution in [1.82, 2.24) is 0 Å². The van der Waals surface area contributed by atoms with E-state index in [1.165, 1.54) is 44.9 Å². The van der Waals surface area contributed by atoms with Crippen LogP contribution in [0, 0.1) is 0 Å². The monoisotopic (exact) mass is 678 g/mol. The van der Waals surface area contributed by atoms with E-state index in [4.69, 9.17) is 52.8 Å². The SMILES string of the molecule is CCCCCCCCCc1ccccc1O.OCCOCCOCCOCCOCCOCCOCCOCCOCCOCCO. The smallest absolute Gasteiger partial charge is 0.118 e. The summed E-state index contributed by atoms with van der Waals surface area (Å²) in [6, 6.07) is 7.67. The zero-order valence-electron chi connectivity index (χ0n) is 29.1. The van der Waals surface area contributed by atoms with Crippen LogP contribution in [-0.2, 0) is 49.1 Å². The lowest BCUT2D eigenvalue weighted by molar-refractivity contribution is -0.0260. The fraction of sp³-hybridized carbons (Fsp3) is 0.829. The van der Waals surface area contributed by atoms with Gasteiger partial charge in [0.25, 0.3) is 0 Å². The van der Waals surface area contributed by atoms with Gasteiger partial charge in [-0.25, -0.2) is 0 Å². The Labute approximate surface area is 283 Å². The van der Waals surface area contributed by atoms with Crippen molar-refractivity contribution in [3.05, 3.63) is 29.8 Å². The van der Waals surface area contributed by atoms with Gasteiger partial charge >= 0.3 is 0 Å². The molecule has 3 N–H and O–H groups in total. The minimum absolute atomic E-state index is 0.0278. The fourth-order valence-electron chi connectivity index (χ4n) is 3.99. The standard InChI is InChI=1S/C20H42O11.C15H24O/c21-1-3-23-5-7-25-9-11-27-13-15-29-17-19-31-20-18-30-16-14-28-12-10-26-8-6-24-4-2-22;1-2-3-4-5-6-7-8-11-14-12-9-10-13-15(14)16/h21-22H,1-20H2;9-10,12-13,16H,2-8,11H2,1H3. The van der Waals surface area contributed by atoms with Gasteiger partial charge in [0.1, 0.15) is 5.75 Å². The molecule has 278 valence electrons. The van der Waals surface area contributed by atoms with Crippen molar-refractivity contribution in [2.75, 3.05) is 132 Å². The summed E-state index contributed by atoms with van der Waals surface area (Å²) in [4.78, 5) is 0. The number of unbranched alkanes of at least 4 members (excludes halogenated alkanes) is 6. The van der Waals surface area contributed by atoms with Gasteiger partial charge in [-0.3, -0.25) is 0 Å². The maximum absolute atomic E-state index is 9.58. The van der Waals surface area contributed by atoms with Crippen LogP contribution in [0.3, 0.4) is 0 Å². The van der Waals surface area contributed by atoms with E-state index in [0.29, 0.717) is 125 Å². The summed E-state index contributed by atoms with van der Waals surface area (Å²) in [5.74, 6) is 0.452. The molecule has 0 unspecified atom stereocenters. The molecule has 0 aliphatic rings. The van der Waals surface area contributed by atoms with Crippen LogP contribution in [0.1, 0.15) is 57.4 Å². The lowest BCUT2D eigenvalue weighted by Gasteiger charge is -2.08. The maximum Gasteiger partial charge on any atom is 0.118 e. The molecule has 12 heteroatoms. The predicted octanol–water partition coefficient (Wildman–Crippen LogP) is 3.81. The van der Waals surface area contributed by atoms with E-state index >= 15 is 0 Å². The first-order valence-corrected chi connectivity index (χ1v) is 17.4. The third kappa shape index (κ3) is 37.3. The topological polar surface area (TPSA) is 144 Å². The van der Waals surface area contributed by atoms with Crippen LogP contribution in [0.2, 0.25) is 0 Å². The second-order valence-corrected chi connectivity index (χ2v) is 10.5. The van der Waals surface area contributed by atoms with E-state index in [9.17, 15) is 5.11 Å². The Morgan fingerprint density at radius 3 is 1.02 bits per heavy atom. The summed E-state index contributed by atoms with van der Waals surface area (Å²) in [5.41, 5.74) is 1.09. The Hall–Kier alpha value is -1.42. The first-order chi connectivity index (χ1) is 23.3. The highest BCUT2D eigenvalue weighted by atomic mass is 16.6. The Balaban J connectivity index is 0.00000110. The van der Waals surface area contributed by atoms with Crippen molar-refractivity contribution in [2.45, 2.75) is 58.3 Å².